The molecule has 0 heterocycles. The van der Waals surface area contributed by atoms with Gasteiger partial charge in [-0.15, -0.1) is 0 Å². The first-order chi connectivity index (χ1) is 9.40. The van der Waals surface area contributed by atoms with Gasteiger partial charge in [-0.3, -0.25) is 0 Å². The van der Waals surface area contributed by atoms with Crippen LogP contribution in [0.2, 0.25) is 0 Å². The molecular formula is C14H12BrFN2O2. The minimum Gasteiger partial charge on any atom is -0.478 e. The molecule has 0 aromatic heterocycles. The van der Waals surface area contributed by atoms with E-state index in [-0.39, 0.29) is 17.1 Å². The summed E-state index contributed by atoms with van der Waals surface area (Å²) in [6.07, 6.45) is 0. The number of carbonyl (C=O) groups is 1. The predicted molar refractivity (Wildman–Crippen MR) is 79.9 cm³/mol. The molecule has 0 bridgehead atoms. The Hall–Kier alpha value is -2.08. The van der Waals surface area contributed by atoms with Gasteiger partial charge in [0.15, 0.2) is 0 Å². The van der Waals surface area contributed by atoms with Gasteiger partial charge in [0, 0.05) is 5.69 Å². The third-order valence-electron chi connectivity index (χ3n) is 2.87. The van der Waals surface area contributed by atoms with Gasteiger partial charge in [0.2, 0.25) is 0 Å². The maximum atomic E-state index is 13.4. The molecule has 0 fully saturated rings. The van der Waals surface area contributed by atoms with Gasteiger partial charge in [0.05, 0.1) is 21.4 Å². The summed E-state index contributed by atoms with van der Waals surface area (Å²) in [5.74, 6) is -1.46. The molecule has 2 aromatic rings. The molecule has 4 nitrogen and oxygen atoms in total. The highest BCUT2D eigenvalue weighted by molar-refractivity contribution is 9.10. The van der Waals surface area contributed by atoms with Gasteiger partial charge in [-0.1, -0.05) is 6.07 Å². The van der Waals surface area contributed by atoms with E-state index in [4.69, 9.17) is 10.8 Å². The summed E-state index contributed by atoms with van der Waals surface area (Å²) < 4.78 is 13.7. The predicted octanol–water partition coefficient (Wildman–Crippen LogP) is 3.92. The molecule has 0 aliphatic heterocycles. The number of hydrogen-bond acceptors (Lipinski definition) is 3. The van der Waals surface area contributed by atoms with Crippen molar-refractivity contribution >= 4 is 39.0 Å². The van der Waals surface area contributed by atoms with E-state index in [1.165, 1.54) is 12.1 Å². The Morgan fingerprint density at radius 1 is 1.35 bits per heavy atom. The van der Waals surface area contributed by atoms with Crippen molar-refractivity contribution in [2.24, 2.45) is 0 Å². The zero-order valence-electron chi connectivity index (χ0n) is 10.6. The molecule has 0 aliphatic rings. The molecule has 2 rings (SSSR count). The highest BCUT2D eigenvalue weighted by Crippen LogP contribution is 2.30. The summed E-state index contributed by atoms with van der Waals surface area (Å²) in [4.78, 5) is 11.0. The van der Waals surface area contributed by atoms with Crippen LogP contribution in [0.5, 0.6) is 0 Å². The molecular weight excluding hydrogens is 327 g/mol. The zero-order chi connectivity index (χ0) is 14.9. The lowest BCUT2D eigenvalue weighted by atomic mass is 10.1. The van der Waals surface area contributed by atoms with Gasteiger partial charge in [0.25, 0.3) is 0 Å². The van der Waals surface area contributed by atoms with Crippen molar-refractivity contribution in [1.29, 1.82) is 0 Å². The van der Waals surface area contributed by atoms with E-state index in [2.05, 4.69) is 21.2 Å². The number of rotatable bonds is 3. The summed E-state index contributed by atoms with van der Waals surface area (Å²) in [5.41, 5.74) is 7.78. The van der Waals surface area contributed by atoms with Gasteiger partial charge in [-0.05, 0) is 52.7 Å². The van der Waals surface area contributed by atoms with Gasteiger partial charge < -0.3 is 16.2 Å². The lowest BCUT2D eigenvalue weighted by molar-refractivity contribution is 0.0698. The highest BCUT2D eigenvalue weighted by Gasteiger charge is 2.12. The molecule has 0 atom stereocenters. The fourth-order valence-corrected chi connectivity index (χ4v) is 2.13. The van der Waals surface area contributed by atoms with Crippen molar-refractivity contribution in [2.45, 2.75) is 6.92 Å². The summed E-state index contributed by atoms with van der Waals surface area (Å²) in [6.45, 7) is 1.75. The van der Waals surface area contributed by atoms with Crippen molar-refractivity contribution in [3.05, 3.63) is 51.7 Å². The van der Waals surface area contributed by atoms with E-state index >= 15 is 0 Å². The minimum absolute atomic E-state index is 0.0221. The van der Waals surface area contributed by atoms with Crippen LogP contribution in [0.4, 0.5) is 21.5 Å². The van der Waals surface area contributed by atoms with Crippen LogP contribution in [0.1, 0.15) is 15.9 Å². The minimum atomic E-state index is -1.09. The molecule has 6 heteroatoms. The summed E-state index contributed by atoms with van der Waals surface area (Å²) in [7, 11) is 0. The molecule has 0 saturated heterocycles. The Labute approximate surface area is 123 Å². The van der Waals surface area contributed by atoms with E-state index in [0.29, 0.717) is 21.4 Å². The van der Waals surface area contributed by atoms with Gasteiger partial charge in [-0.25, -0.2) is 9.18 Å². The molecule has 0 unspecified atom stereocenters. The van der Waals surface area contributed by atoms with Crippen LogP contribution < -0.4 is 11.1 Å². The number of benzene rings is 2. The number of nitrogens with one attached hydrogen (secondary N) is 1. The van der Waals surface area contributed by atoms with Crippen LogP contribution in [-0.2, 0) is 0 Å². The van der Waals surface area contributed by atoms with Crippen LogP contribution >= 0.6 is 15.9 Å². The maximum absolute atomic E-state index is 13.4. The molecule has 0 aliphatic carbocycles. The molecule has 4 N–H and O–H groups in total. The largest absolute Gasteiger partial charge is 0.478 e. The zero-order valence-corrected chi connectivity index (χ0v) is 12.2. The molecule has 0 amide bonds. The van der Waals surface area contributed by atoms with Gasteiger partial charge in [-0.2, -0.15) is 0 Å². The number of hydrogen-bond donors (Lipinski definition) is 3. The Bertz CT molecular complexity index is 689. The number of aryl methyl sites for hydroxylation is 1. The monoisotopic (exact) mass is 338 g/mol. The fraction of sp³-hybridized carbons (Fsp3) is 0.0714. The van der Waals surface area contributed by atoms with Gasteiger partial charge >= 0.3 is 5.97 Å². The fourth-order valence-electron chi connectivity index (χ4n) is 1.79. The summed E-state index contributed by atoms with van der Waals surface area (Å²) >= 11 is 3.11. The van der Waals surface area contributed by atoms with Crippen molar-refractivity contribution in [2.75, 3.05) is 11.1 Å². The lowest BCUT2D eigenvalue weighted by Gasteiger charge is -2.14. The number of para-hydroxylation sites is 1. The average molecular weight is 339 g/mol. The summed E-state index contributed by atoms with van der Waals surface area (Å²) in [5, 5.41) is 12.0. The summed E-state index contributed by atoms with van der Waals surface area (Å²) in [6, 6.07) is 7.64. The molecule has 20 heavy (non-hydrogen) atoms. The Morgan fingerprint density at radius 3 is 2.70 bits per heavy atom. The first-order valence-electron chi connectivity index (χ1n) is 5.74. The van der Waals surface area contributed by atoms with E-state index in [1.807, 2.05) is 0 Å². The topological polar surface area (TPSA) is 75.3 Å². The van der Waals surface area contributed by atoms with E-state index in [1.54, 1.807) is 25.1 Å². The Balaban J connectivity index is 2.43. The number of nitrogen functional groups attached to an aromatic ring is 1. The quantitative estimate of drug-likeness (QED) is 0.741. The van der Waals surface area contributed by atoms with Crippen molar-refractivity contribution in [1.82, 2.24) is 0 Å². The normalized spacial score (nSPS) is 10.3. The van der Waals surface area contributed by atoms with E-state index in [9.17, 15) is 9.18 Å². The molecule has 0 saturated carbocycles. The van der Waals surface area contributed by atoms with Crippen molar-refractivity contribution in [3.63, 3.8) is 0 Å². The standard InChI is InChI=1S/C14H12BrFN2O2/c1-7-5-10(16)9(15)6-12(7)18-11-4-2-3-8(13(11)17)14(19)20/h2-6,18H,17H2,1H3,(H,19,20). The third-order valence-corrected chi connectivity index (χ3v) is 3.48. The van der Waals surface area contributed by atoms with Gasteiger partial charge in [0.1, 0.15) is 5.82 Å². The number of carboxylic acids is 1. The van der Waals surface area contributed by atoms with Crippen LogP contribution in [0.15, 0.2) is 34.8 Å². The van der Waals surface area contributed by atoms with Crippen molar-refractivity contribution < 1.29 is 14.3 Å². The van der Waals surface area contributed by atoms with Crippen LogP contribution in [-0.4, -0.2) is 11.1 Å². The number of carboxylic acid groups (broad SMARTS) is 1. The van der Waals surface area contributed by atoms with Crippen LogP contribution in [0.25, 0.3) is 0 Å². The number of halogens is 2. The average Bonchev–Trinajstić information content (AvgIpc) is 2.37. The van der Waals surface area contributed by atoms with Crippen LogP contribution in [0, 0.1) is 12.7 Å². The second-order valence-electron chi connectivity index (χ2n) is 4.28. The lowest BCUT2D eigenvalue weighted by Crippen LogP contribution is -2.05. The number of anilines is 3. The Kier molecular flexibility index (Phi) is 3.94. The molecule has 0 spiro atoms. The number of aromatic carboxylic acids is 1. The molecule has 0 radical (unpaired) electrons. The molecule has 104 valence electrons. The van der Waals surface area contributed by atoms with E-state index < -0.39 is 5.97 Å². The Morgan fingerprint density at radius 2 is 2.05 bits per heavy atom. The first-order valence-corrected chi connectivity index (χ1v) is 6.54. The van der Waals surface area contributed by atoms with Crippen molar-refractivity contribution in [3.8, 4) is 0 Å². The SMILES string of the molecule is Cc1cc(F)c(Br)cc1Nc1cccc(C(=O)O)c1N. The smallest absolute Gasteiger partial charge is 0.337 e. The second kappa shape index (κ2) is 5.50. The van der Waals surface area contributed by atoms with Crippen LogP contribution in [0.3, 0.4) is 0 Å². The maximum Gasteiger partial charge on any atom is 0.337 e. The highest BCUT2D eigenvalue weighted by atomic mass is 79.9. The van der Waals surface area contributed by atoms with E-state index in [0.717, 1.165) is 0 Å². The molecule has 2 aromatic carbocycles. The second-order valence-corrected chi connectivity index (χ2v) is 5.13. The first kappa shape index (κ1) is 14.3. The third kappa shape index (κ3) is 2.75. The number of nitrogens with two attached hydrogens (primary N) is 1.